The Labute approximate surface area is 117 Å². The van der Waals surface area contributed by atoms with Crippen molar-refractivity contribution in [2.24, 2.45) is 5.92 Å². The molecule has 0 aromatic carbocycles. The topological polar surface area (TPSA) is 28.2 Å². The van der Waals surface area contributed by atoms with Gasteiger partial charge in [0.2, 0.25) is 0 Å². The van der Waals surface area contributed by atoms with Gasteiger partial charge in [-0.3, -0.25) is 4.98 Å². The molecule has 19 heavy (non-hydrogen) atoms. The van der Waals surface area contributed by atoms with Crippen molar-refractivity contribution >= 4 is 5.69 Å². The summed E-state index contributed by atoms with van der Waals surface area (Å²) in [5.74, 6) is 0.922. The summed E-state index contributed by atoms with van der Waals surface area (Å²) in [6, 6.07) is 2.69. The van der Waals surface area contributed by atoms with Crippen LogP contribution in [0.3, 0.4) is 0 Å². The van der Waals surface area contributed by atoms with E-state index in [0.29, 0.717) is 6.04 Å². The van der Waals surface area contributed by atoms with Crippen molar-refractivity contribution in [3.8, 4) is 0 Å². The Morgan fingerprint density at radius 1 is 1.42 bits per heavy atom. The van der Waals surface area contributed by atoms with Gasteiger partial charge in [0, 0.05) is 49.3 Å². The lowest BCUT2D eigenvalue weighted by Crippen LogP contribution is -2.29. The van der Waals surface area contributed by atoms with Crippen molar-refractivity contribution in [1.82, 2.24) is 10.3 Å². The first kappa shape index (κ1) is 14.3. The molecule has 0 atom stereocenters. The van der Waals surface area contributed by atoms with E-state index in [2.05, 4.69) is 42.0 Å². The number of nitrogens with one attached hydrogen (secondary N) is 1. The van der Waals surface area contributed by atoms with Gasteiger partial charge in [-0.05, 0) is 31.2 Å². The molecule has 1 aromatic rings. The molecule has 0 unspecified atom stereocenters. The van der Waals surface area contributed by atoms with Crippen molar-refractivity contribution in [3.05, 3.63) is 24.0 Å². The first-order valence-corrected chi connectivity index (χ1v) is 7.62. The van der Waals surface area contributed by atoms with Gasteiger partial charge in [-0.1, -0.05) is 20.8 Å². The molecule has 0 amide bonds. The number of rotatable bonds is 8. The van der Waals surface area contributed by atoms with Gasteiger partial charge in [0.05, 0.1) is 0 Å². The fourth-order valence-electron chi connectivity index (χ4n) is 2.37. The van der Waals surface area contributed by atoms with Crippen LogP contribution in [-0.4, -0.2) is 24.1 Å². The van der Waals surface area contributed by atoms with E-state index in [9.17, 15) is 0 Å². The lowest BCUT2D eigenvalue weighted by Gasteiger charge is -2.27. The lowest BCUT2D eigenvalue weighted by atomic mass is 10.1. The van der Waals surface area contributed by atoms with Crippen LogP contribution in [0.2, 0.25) is 0 Å². The van der Waals surface area contributed by atoms with E-state index in [1.54, 1.807) is 0 Å². The highest BCUT2D eigenvalue weighted by molar-refractivity contribution is 5.52. The molecule has 0 bridgehead atoms. The van der Waals surface area contributed by atoms with Gasteiger partial charge < -0.3 is 10.2 Å². The monoisotopic (exact) mass is 261 g/mol. The van der Waals surface area contributed by atoms with Crippen LogP contribution in [0.5, 0.6) is 0 Å². The molecule has 1 fully saturated rings. The third kappa shape index (κ3) is 4.50. The molecule has 3 heteroatoms. The maximum atomic E-state index is 4.29. The third-order valence-electron chi connectivity index (χ3n) is 3.59. The molecule has 0 radical (unpaired) electrons. The second-order valence-electron chi connectivity index (χ2n) is 5.93. The largest absolute Gasteiger partial charge is 0.371 e. The Kier molecular flexibility index (Phi) is 5.20. The first-order chi connectivity index (χ1) is 9.20. The average molecular weight is 261 g/mol. The minimum atomic E-state index is 0.510. The van der Waals surface area contributed by atoms with E-state index in [4.69, 9.17) is 0 Å². The number of aromatic nitrogens is 1. The van der Waals surface area contributed by atoms with Crippen LogP contribution < -0.4 is 10.2 Å². The number of anilines is 1. The Balaban J connectivity index is 2.09. The quantitative estimate of drug-likeness (QED) is 0.779. The summed E-state index contributed by atoms with van der Waals surface area (Å²) in [5.41, 5.74) is 2.70. The van der Waals surface area contributed by atoms with Crippen molar-refractivity contribution in [1.29, 1.82) is 0 Å². The molecule has 0 aliphatic heterocycles. The molecule has 1 heterocycles. The van der Waals surface area contributed by atoms with Gasteiger partial charge in [-0.2, -0.15) is 0 Å². The number of hydrogen-bond acceptors (Lipinski definition) is 3. The second-order valence-corrected chi connectivity index (χ2v) is 5.93. The zero-order valence-electron chi connectivity index (χ0n) is 12.5. The Morgan fingerprint density at radius 3 is 2.84 bits per heavy atom. The van der Waals surface area contributed by atoms with Crippen LogP contribution in [0.25, 0.3) is 0 Å². The van der Waals surface area contributed by atoms with E-state index in [1.807, 2.05) is 12.4 Å². The fourth-order valence-corrected chi connectivity index (χ4v) is 2.37. The summed E-state index contributed by atoms with van der Waals surface area (Å²) in [6.45, 7) is 9.90. The molecule has 106 valence electrons. The Hall–Kier alpha value is -1.09. The molecular weight excluding hydrogens is 234 g/mol. The molecule has 1 aliphatic carbocycles. The fraction of sp³-hybridized carbons (Fsp3) is 0.688. The SMILES string of the molecule is CCCN(CC1CC1)c1ccncc1CNC(C)C. The molecule has 1 aliphatic rings. The second kappa shape index (κ2) is 6.90. The van der Waals surface area contributed by atoms with Crippen LogP contribution in [0.1, 0.15) is 45.6 Å². The van der Waals surface area contributed by atoms with Crippen molar-refractivity contribution < 1.29 is 0 Å². The van der Waals surface area contributed by atoms with Crippen LogP contribution >= 0.6 is 0 Å². The summed E-state index contributed by atoms with van der Waals surface area (Å²) < 4.78 is 0. The summed E-state index contributed by atoms with van der Waals surface area (Å²) in [6.07, 6.45) is 7.95. The van der Waals surface area contributed by atoms with E-state index < -0.39 is 0 Å². The zero-order chi connectivity index (χ0) is 13.7. The molecule has 1 aromatic heterocycles. The zero-order valence-corrected chi connectivity index (χ0v) is 12.5. The summed E-state index contributed by atoms with van der Waals surface area (Å²) in [7, 11) is 0. The molecule has 0 saturated heterocycles. The number of hydrogen-bond donors (Lipinski definition) is 1. The smallest absolute Gasteiger partial charge is 0.0442 e. The van der Waals surface area contributed by atoms with Gasteiger partial charge in [0.25, 0.3) is 0 Å². The minimum absolute atomic E-state index is 0.510. The normalized spacial score (nSPS) is 14.9. The number of pyridine rings is 1. The highest BCUT2D eigenvalue weighted by Crippen LogP contribution is 2.32. The van der Waals surface area contributed by atoms with Crippen LogP contribution in [0.4, 0.5) is 5.69 Å². The first-order valence-electron chi connectivity index (χ1n) is 7.62. The van der Waals surface area contributed by atoms with Crippen LogP contribution in [-0.2, 0) is 6.54 Å². The summed E-state index contributed by atoms with van der Waals surface area (Å²) >= 11 is 0. The van der Waals surface area contributed by atoms with Crippen LogP contribution in [0.15, 0.2) is 18.5 Å². The average Bonchev–Trinajstić information content (AvgIpc) is 3.20. The molecule has 1 saturated carbocycles. The highest BCUT2D eigenvalue weighted by atomic mass is 15.1. The van der Waals surface area contributed by atoms with E-state index in [-0.39, 0.29) is 0 Å². The van der Waals surface area contributed by atoms with Crippen molar-refractivity contribution in [2.45, 2.75) is 52.6 Å². The van der Waals surface area contributed by atoms with Crippen LogP contribution in [0, 0.1) is 5.92 Å². The highest BCUT2D eigenvalue weighted by Gasteiger charge is 2.25. The van der Waals surface area contributed by atoms with Gasteiger partial charge in [0.1, 0.15) is 0 Å². The van der Waals surface area contributed by atoms with E-state index in [0.717, 1.165) is 19.0 Å². The molecule has 1 N–H and O–H groups in total. The number of nitrogens with zero attached hydrogens (tertiary/aromatic N) is 2. The molecule has 0 spiro atoms. The predicted molar refractivity (Wildman–Crippen MR) is 81.4 cm³/mol. The predicted octanol–water partition coefficient (Wildman–Crippen LogP) is 3.21. The standard InChI is InChI=1S/C16H27N3/c1-4-9-19(12-14-5-6-14)16-7-8-17-10-15(16)11-18-13(2)3/h7-8,10,13-14,18H,4-6,9,11-12H2,1-3H3. The molecule has 2 rings (SSSR count). The molecular formula is C16H27N3. The summed E-state index contributed by atoms with van der Waals surface area (Å²) in [5, 5.41) is 3.50. The van der Waals surface area contributed by atoms with Gasteiger partial charge >= 0.3 is 0 Å². The molecule has 3 nitrogen and oxygen atoms in total. The minimum Gasteiger partial charge on any atom is -0.371 e. The van der Waals surface area contributed by atoms with Crippen molar-refractivity contribution in [2.75, 3.05) is 18.0 Å². The maximum absolute atomic E-state index is 4.29. The van der Waals surface area contributed by atoms with Gasteiger partial charge in [0.15, 0.2) is 0 Å². The van der Waals surface area contributed by atoms with Crippen molar-refractivity contribution in [3.63, 3.8) is 0 Å². The van der Waals surface area contributed by atoms with E-state index >= 15 is 0 Å². The Morgan fingerprint density at radius 2 is 2.21 bits per heavy atom. The summed E-state index contributed by atoms with van der Waals surface area (Å²) in [4.78, 5) is 6.85. The van der Waals surface area contributed by atoms with E-state index in [1.165, 1.54) is 37.1 Å². The Bertz CT molecular complexity index is 385. The van der Waals surface area contributed by atoms with Gasteiger partial charge in [-0.15, -0.1) is 0 Å². The van der Waals surface area contributed by atoms with Gasteiger partial charge in [-0.25, -0.2) is 0 Å². The maximum Gasteiger partial charge on any atom is 0.0442 e. The lowest BCUT2D eigenvalue weighted by molar-refractivity contribution is 0.585. The third-order valence-corrected chi connectivity index (χ3v) is 3.59.